The van der Waals surface area contributed by atoms with E-state index in [1.165, 1.54) is 0 Å². The number of nitro benzene ring substituents is 1. The van der Waals surface area contributed by atoms with Crippen LogP contribution in [0.2, 0.25) is 0 Å². The van der Waals surface area contributed by atoms with Gasteiger partial charge in [0.15, 0.2) is 11.6 Å². The molecule has 0 aliphatic carbocycles. The third kappa shape index (κ3) is 3.35. The summed E-state index contributed by atoms with van der Waals surface area (Å²) in [6, 6.07) is 0.958. The van der Waals surface area contributed by atoms with E-state index in [-0.39, 0.29) is 12.6 Å². The summed E-state index contributed by atoms with van der Waals surface area (Å²) in [5.41, 5.74) is -1.06. The van der Waals surface area contributed by atoms with Gasteiger partial charge in [-0.15, -0.1) is 0 Å². The van der Waals surface area contributed by atoms with Crippen molar-refractivity contribution in [2.24, 2.45) is 0 Å². The third-order valence-corrected chi connectivity index (χ3v) is 2.19. The zero-order valence-corrected chi connectivity index (χ0v) is 9.11. The molecule has 1 aromatic rings. The second-order valence-corrected chi connectivity index (χ2v) is 3.60. The Morgan fingerprint density at radius 2 is 2.00 bits per heavy atom. The average molecular weight is 246 g/mol. The Morgan fingerprint density at radius 3 is 2.41 bits per heavy atom. The first kappa shape index (κ1) is 13.3. The highest BCUT2D eigenvalue weighted by Crippen LogP contribution is 2.25. The van der Waals surface area contributed by atoms with Gasteiger partial charge in [0.05, 0.1) is 17.1 Å². The summed E-state index contributed by atoms with van der Waals surface area (Å²) in [5, 5.41) is 21.5. The number of non-ortho nitro benzene ring substituents is 1. The molecule has 1 aromatic carbocycles. The number of hydrogen-bond donors (Lipinski definition) is 2. The highest BCUT2D eigenvalue weighted by atomic mass is 19.1. The molecule has 0 heterocycles. The molecule has 0 aliphatic heterocycles. The number of anilines is 1. The fraction of sp³-hybridized carbons (Fsp3) is 0.400. The predicted octanol–water partition coefficient (Wildman–Crippen LogP) is 2.06. The molecule has 0 fully saturated rings. The monoisotopic (exact) mass is 246 g/mol. The topological polar surface area (TPSA) is 75.4 Å². The Kier molecular flexibility index (Phi) is 4.33. The number of nitrogens with zero attached hydrogens (tertiary/aromatic N) is 1. The van der Waals surface area contributed by atoms with Gasteiger partial charge in [-0.2, -0.15) is 0 Å². The molecule has 1 rings (SSSR count). The Balaban J connectivity index is 2.97. The number of rotatable bonds is 5. The first-order valence-electron chi connectivity index (χ1n) is 4.96. The molecule has 5 nitrogen and oxygen atoms in total. The molecule has 0 saturated carbocycles. The molecule has 0 saturated heterocycles. The number of aliphatic hydroxyl groups excluding tert-OH is 1. The van der Waals surface area contributed by atoms with Gasteiger partial charge in [-0.1, -0.05) is 0 Å². The summed E-state index contributed by atoms with van der Waals surface area (Å²) < 4.78 is 26.8. The lowest BCUT2D eigenvalue weighted by molar-refractivity contribution is -0.385. The van der Waals surface area contributed by atoms with E-state index in [1.54, 1.807) is 6.92 Å². The molecule has 94 valence electrons. The van der Waals surface area contributed by atoms with Crippen molar-refractivity contribution in [3.8, 4) is 0 Å². The highest BCUT2D eigenvalue weighted by Gasteiger charge is 2.18. The normalized spacial score (nSPS) is 12.2. The van der Waals surface area contributed by atoms with Crippen molar-refractivity contribution < 1.29 is 18.8 Å². The van der Waals surface area contributed by atoms with Crippen LogP contribution >= 0.6 is 0 Å². The molecule has 0 amide bonds. The summed E-state index contributed by atoms with van der Waals surface area (Å²) in [6.07, 6.45) is 0.315. The van der Waals surface area contributed by atoms with Crippen LogP contribution in [0, 0.1) is 21.7 Å². The summed E-state index contributed by atoms with van der Waals surface area (Å²) in [5.74, 6) is -2.05. The molecule has 0 spiro atoms. The maximum absolute atomic E-state index is 13.4. The van der Waals surface area contributed by atoms with Gasteiger partial charge in [0, 0.05) is 12.6 Å². The average Bonchev–Trinajstić information content (AvgIpc) is 2.23. The number of aliphatic hydroxyl groups is 1. The molecule has 0 aromatic heterocycles. The van der Waals surface area contributed by atoms with Gasteiger partial charge in [0.1, 0.15) is 5.69 Å². The van der Waals surface area contributed by atoms with E-state index >= 15 is 0 Å². The summed E-state index contributed by atoms with van der Waals surface area (Å²) >= 11 is 0. The zero-order valence-electron chi connectivity index (χ0n) is 9.11. The molecule has 0 bridgehead atoms. The lowest BCUT2D eigenvalue weighted by Gasteiger charge is -2.15. The van der Waals surface area contributed by atoms with Crippen LogP contribution in [0.4, 0.5) is 20.2 Å². The van der Waals surface area contributed by atoms with Crippen molar-refractivity contribution in [1.29, 1.82) is 0 Å². The van der Waals surface area contributed by atoms with Crippen LogP contribution in [0.25, 0.3) is 0 Å². The largest absolute Gasteiger partial charge is 0.396 e. The second kappa shape index (κ2) is 5.53. The van der Waals surface area contributed by atoms with Crippen molar-refractivity contribution in [2.45, 2.75) is 19.4 Å². The van der Waals surface area contributed by atoms with Crippen LogP contribution in [0.15, 0.2) is 12.1 Å². The van der Waals surface area contributed by atoms with Crippen LogP contribution in [0.1, 0.15) is 13.3 Å². The van der Waals surface area contributed by atoms with Crippen LogP contribution < -0.4 is 5.32 Å². The Labute approximate surface area is 96.2 Å². The van der Waals surface area contributed by atoms with Crippen molar-refractivity contribution in [3.05, 3.63) is 33.9 Å². The molecular weight excluding hydrogens is 234 g/mol. The highest BCUT2D eigenvalue weighted by molar-refractivity contribution is 5.52. The van der Waals surface area contributed by atoms with Crippen molar-refractivity contribution >= 4 is 11.4 Å². The molecular formula is C10H12F2N2O3. The molecule has 1 atom stereocenters. The van der Waals surface area contributed by atoms with E-state index < -0.39 is 27.9 Å². The van der Waals surface area contributed by atoms with Gasteiger partial charge < -0.3 is 10.4 Å². The lowest BCUT2D eigenvalue weighted by atomic mass is 10.2. The fourth-order valence-electron chi connectivity index (χ4n) is 1.32. The van der Waals surface area contributed by atoms with Crippen molar-refractivity contribution in [2.75, 3.05) is 11.9 Å². The summed E-state index contributed by atoms with van der Waals surface area (Å²) in [4.78, 5) is 9.49. The molecule has 2 N–H and O–H groups in total. The van der Waals surface area contributed by atoms with Crippen LogP contribution in [0.3, 0.4) is 0 Å². The van der Waals surface area contributed by atoms with Crippen LogP contribution in [-0.4, -0.2) is 22.7 Å². The molecule has 1 unspecified atom stereocenters. The third-order valence-electron chi connectivity index (χ3n) is 2.19. The minimum atomic E-state index is -1.03. The number of halogens is 2. The van der Waals surface area contributed by atoms with Gasteiger partial charge >= 0.3 is 0 Å². The fourth-order valence-corrected chi connectivity index (χ4v) is 1.32. The molecule has 7 heteroatoms. The standard InChI is InChI=1S/C10H12F2N2O3/c1-6(2-3-15)13-10-8(11)4-7(14(16)17)5-9(10)12/h4-6,13,15H,2-3H2,1H3. The SMILES string of the molecule is CC(CCO)Nc1c(F)cc([N+](=O)[O-])cc1F. The Morgan fingerprint density at radius 1 is 1.47 bits per heavy atom. The quantitative estimate of drug-likeness (QED) is 0.616. The number of benzene rings is 1. The number of nitro groups is 1. The van der Waals surface area contributed by atoms with Crippen molar-refractivity contribution in [1.82, 2.24) is 0 Å². The van der Waals surface area contributed by atoms with Crippen LogP contribution in [-0.2, 0) is 0 Å². The van der Waals surface area contributed by atoms with Crippen LogP contribution in [0.5, 0.6) is 0 Å². The van der Waals surface area contributed by atoms with Crippen molar-refractivity contribution in [3.63, 3.8) is 0 Å². The van der Waals surface area contributed by atoms with Gasteiger partial charge in [-0.25, -0.2) is 8.78 Å². The van der Waals surface area contributed by atoms with Gasteiger partial charge in [-0.3, -0.25) is 10.1 Å². The summed E-state index contributed by atoms with van der Waals surface area (Å²) in [7, 11) is 0. The lowest BCUT2D eigenvalue weighted by Crippen LogP contribution is -2.18. The van der Waals surface area contributed by atoms with Gasteiger partial charge in [-0.05, 0) is 13.3 Å². The van der Waals surface area contributed by atoms with Gasteiger partial charge in [0.2, 0.25) is 0 Å². The van der Waals surface area contributed by atoms with Gasteiger partial charge in [0.25, 0.3) is 5.69 Å². The Hall–Kier alpha value is -1.76. The van der Waals surface area contributed by atoms with E-state index in [0.29, 0.717) is 18.6 Å². The smallest absolute Gasteiger partial charge is 0.275 e. The maximum atomic E-state index is 13.4. The van der Waals surface area contributed by atoms with E-state index in [9.17, 15) is 18.9 Å². The molecule has 0 radical (unpaired) electrons. The maximum Gasteiger partial charge on any atom is 0.275 e. The van der Waals surface area contributed by atoms with E-state index in [4.69, 9.17) is 5.11 Å². The first-order valence-corrected chi connectivity index (χ1v) is 4.96. The predicted molar refractivity (Wildman–Crippen MR) is 57.8 cm³/mol. The van der Waals surface area contributed by atoms with E-state index in [0.717, 1.165) is 0 Å². The zero-order chi connectivity index (χ0) is 13.0. The summed E-state index contributed by atoms with van der Waals surface area (Å²) in [6.45, 7) is 1.51. The second-order valence-electron chi connectivity index (χ2n) is 3.60. The van der Waals surface area contributed by atoms with E-state index in [2.05, 4.69) is 5.32 Å². The minimum absolute atomic E-state index is 0.121. The Bertz CT molecular complexity index is 403. The molecule has 0 aliphatic rings. The van der Waals surface area contributed by atoms with E-state index in [1.807, 2.05) is 0 Å². The molecule has 17 heavy (non-hydrogen) atoms. The minimum Gasteiger partial charge on any atom is -0.396 e. The number of nitrogens with one attached hydrogen (secondary N) is 1. The first-order chi connectivity index (χ1) is 7.95. The number of hydrogen-bond acceptors (Lipinski definition) is 4.